The van der Waals surface area contributed by atoms with E-state index in [9.17, 15) is 9.18 Å². The molecule has 1 unspecified atom stereocenters. The van der Waals surface area contributed by atoms with Crippen LogP contribution in [0.4, 0.5) is 4.39 Å². The number of ether oxygens (including phenoxy) is 1. The number of hydrogen-bond donors (Lipinski definition) is 0. The first-order valence-corrected chi connectivity index (χ1v) is 9.89. The van der Waals surface area contributed by atoms with Gasteiger partial charge < -0.3 is 14.1 Å². The number of amides is 1. The fourth-order valence-corrected chi connectivity index (χ4v) is 3.84. The predicted molar refractivity (Wildman–Crippen MR) is 109 cm³/mol. The van der Waals surface area contributed by atoms with Crippen LogP contribution in [0.5, 0.6) is 5.75 Å². The molecule has 1 saturated heterocycles. The Hall–Kier alpha value is -3.08. The van der Waals surface area contributed by atoms with Crippen molar-refractivity contribution in [3.05, 3.63) is 77.8 Å². The minimum absolute atomic E-state index is 0.129. The van der Waals surface area contributed by atoms with Crippen LogP contribution in [-0.4, -0.2) is 31.0 Å². The van der Waals surface area contributed by atoms with Crippen molar-refractivity contribution in [2.75, 3.05) is 20.2 Å². The average molecular weight is 393 g/mol. The molecule has 5 heteroatoms. The van der Waals surface area contributed by atoms with Crippen LogP contribution in [-0.2, 0) is 11.2 Å². The van der Waals surface area contributed by atoms with Gasteiger partial charge in [-0.25, -0.2) is 4.39 Å². The molecule has 1 aliphatic rings. The number of nitrogens with zero attached hydrogens (tertiary/aromatic N) is 1. The molecular weight excluding hydrogens is 369 g/mol. The number of methoxy groups -OCH3 is 1. The van der Waals surface area contributed by atoms with Crippen molar-refractivity contribution in [1.82, 2.24) is 4.90 Å². The van der Waals surface area contributed by atoms with Crippen LogP contribution >= 0.6 is 0 Å². The number of hydrogen-bond acceptors (Lipinski definition) is 3. The lowest BCUT2D eigenvalue weighted by Gasteiger charge is -2.16. The largest absolute Gasteiger partial charge is 0.497 e. The van der Waals surface area contributed by atoms with Gasteiger partial charge in [0.05, 0.1) is 12.7 Å². The van der Waals surface area contributed by atoms with Crippen molar-refractivity contribution in [3.8, 4) is 17.1 Å². The summed E-state index contributed by atoms with van der Waals surface area (Å²) in [5.41, 5.74) is 1.67. The Kier molecular flexibility index (Phi) is 5.65. The number of likely N-dealkylation sites (tertiary alicyclic amines) is 1. The number of furan rings is 1. The Labute approximate surface area is 169 Å². The Morgan fingerprint density at radius 1 is 1.14 bits per heavy atom. The van der Waals surface area contributed by atoms with E-state index in [1.54, 1.807) is 31.4 Å². The highest BCUT2D eigenvalue weighted by molar-refractivity contribution is 5.76. The molecule has 3 aromatic rings. The molecule has 150 valence electrons. The summed E-state index contributed by atoms with van der Waals surface area (Å²) >= 11 is 0. The molecule has 0 saturated carbocycles. The fraction of sp³-hybridized carbons (Fsp3) is 0.292. The zero-order valence-electron chi connectivity index (χ0n) is 16.4. The van der Waals surface area contributed by atoms with Crippen molar-refractivity contribution in [2.45, 2.75) is 25.2 Å². The minimum Gasteiger partial charge on any atom is -0.497 e. The third kappa shape index (κ3) is 4.34. The number of rotatable bonds is 6. The minimum atomic E-state index is -0.314. The Morgan fingerprint density at radius 2 is 1.93 bits per heavy atom. The lowest BCUT2D eigenvalue weighted by molar-refractivity contribution is -0.130. The molecule has 1 atom stereocenters. The molecule has 0 spiro atoms. The molecule has 1 amide bonds. The highest BCUT2D eigenvalue weighted by Crippen LogP contribution is 2.29. The molecule has 0 radical (unpaired) electrons. The topological polar surface area (TPSA) is 42.7 Å². The third-order valence-corrected chi connectivity index (χ3v) is 5.51. The van der Waals surface area contributed by atoms with E-state index in [1.807, 2.05) is 23.1 Å². The van der Waals surface area contributed by atoms with E-state index >= 15 is 0 Å². The van der Waals surface area contributed by atoms with E-state index in [2.05, 4.69) is 12.1 Å². The molecule has 1 aromatic heterocycles. The second kappa shape index (κ2) is 8.52. The van der Waals surface area contributed by atoms with Gasteiger partial charge in [-0.2, -0.15) is 0 Å². The smallest absolute Gasteiger partial charge is 0.223 e. The summed E-state index contributed by atoms with van der Waals surface area (Å²) in [6.07, 6.45) is 1.87. The summed E-state index contributed by atoms with van der Waals surface area (Å²) in [4.78, 5) is 14.6. The van der Waals surface area contributed by atoms with Gasteiger partial charge in [-0.15, -0.1) is 0 Å². The van der Waals surface area contributed by atoms with Crippen LogP contribution in [0.2, 0.25) is 0 Å². The lowest BCUT2D eigenvalue weighted by atomic mass is 9.98. The molecular formula is C24H24FNO3. The quantitative estimate of drug-likeness (QED) is 0.589. The van der Waals surface area contributed by atoms with Crippen LogP contribution < -0.4 is 4.74 Å². The standard InChI is InChI=1S/C24H24FNO3/c1-28-19-8-6-17(7-9-19)18-14-15-26(16-18)24(27)13-11-20-10-12-23(29-20)21-4-2-3-5-22(21)25/h2-10,12,18H,11,13-16H2,1H3. The molecule has 4 rings (SSSR count). The first-order valence-electron chi connectivity index (χ1n) is 9.89. The predicted octanol–water partition coefficient (Wildman–Crippen LogP) is 5.04. The van der Waals surface area contributed by atoms with Gasteiger partial charge >= 0.3 is 0 Å². The number of aryl methyl sites for hydroxylation is 1. The number of carbonyl (C=O) groups excluding carboxylic acids is 1. The maximum Gasteiger partial charge on any atom is 0.223 e. The van der Waals surface area contributed by atoms with Crippen molar-refractivity contribution in [2.24, 2.45) is 0 Å². The van der Waals surface area contributed by atoms with Gasteiger partial charge in [0.1, 0.15) is 23.1 Å². The van der Waals surface area contributed by atoms with E-state index in [-0.39, 0.29) is 11.7 Å². The van der Waals surface area contributed by atoms with Crippen LogP contribution in [0.25, 0.3) is 11.3 Å². The second-order valence-corrected chi connectivity index (χ2v) is 7.34. The molecule has 0 bridgehead atoms. The summed E-state index contributed by atoms with van der Waals surface area (Å²) < 4.78 is 24.9. The summed E-state index contributed by atoms with van der Waals surface area (Å²) in [6, 6.07) is 18.2. The van der Waals surface area contributed by atoms with Gasteiger partial charge in [-0.1, -0.05) is 24.3 Å². The lowest BCUT2D eigenvalue weighted by Crippen LogP contribution is -2.28. The third-order valence-electron chi connectivity index (χ3n) is 5.51. The van der Waals surface area contributed by atoms with Crippen molar-refractivity contribution >= 4 is 5.91 Å². The molecule has 2 aromatic carbocycles. The summed E-state index contributed by atoms with van der Waals surface area (Å²) in [5, 5.41) is 0. The van der Waals surface area contributed by atoms with Gasteiger partial charge in [-0.05, 0) is 48.4 Å². The molecule has 1 aliphatic heterocycles. The highest BCUT2D eigenvalue weighted by Gasteiger charge is 2.27. The van der Waals surface area contributed by atoms with Crippen molar-refractivity contribution < 1.29 is 18.3 Å². The first-order chi connectivity index (χ1) is 14.1. The van der Waals surface area contributed by atoms with Gasteiger partial charge in [0.2, 0.25) is 5.91 Å². The van der Waals surface area contributed by atoms with E-state index in [0.29, 0.717) is 35.8 Å². The zero-order valence-corrected chi connectivity index (χ0v) is 16.4. The van der Waals surface area contributed by atoms with Gasteiger partial charge in [0, 0.05) is 31.8 Å². The maximum absolute atomic E-state index is 13.9. The van der Waals surface area contributed by atoms with Crippen LogP contribution in [0.15, 0.2) is 65.1 Å². The number of benzene rings is 2. The van der Waals surface area contributed by atoms with Crippen molar-refractivity contribution in [1.29, 1.82) is 0 Å². The number of halogens is 1. The van der Waals surface area contributed by atoms with Gasteiger partial charge in [-0.3, -0.25) is 4.79 Å². The first kappa shape index (κ1) is 19.2. The SMILES string of the molecule is COc1ccc(C2CCN(C(=O)CCc3ccc(-c4ccccc4F)o3)C2)cc1. The maximum atomic E-state index is 13.9. The highest BCUT2D eigenvalue weighted by atomic mass is 19.1. The van der Waals surface area contributed by atoms with E-state index in [0.717, 1.165) is 25.3 Å². The van der Waals surface area contributed by atoms with Gasteiger partial charge in [0.15, 0.2) is 0 Å². The van der Waals surface area contributed by atoms with E-state index in [1.165, 1.54) is 11.6 Å². The molecule has 29 heavy (non-hydrogen) atoms. The van der Waals surface area contributed by atoms with Gasteiger partial charge in [0.25, 0.3) is 0 Å². The Bertz CT molecular complexity index is 980. The molecule has 2 heterocycles. The Balaban J connectivity index is 1.32. The average Bonchev–Trinajstić information content (AvgIpc) is 3.42. The van der Waals surface area contributed by atoms with Crippen LogP contribution in [0, 0.1) is 5.82 Å². The monoisotopic (exact) mass is 393 g/mol. The molecule has 0 aliphatic carbocycles. The second-order valence-electron chi connectivity index (χ2n) is 7.34. The molecule has 4 nitrogen and oxygen atoms in total. The number of carbonyl (C=O) groups is 1. The fourth-order valence-electron chi connectivity index (χ4n) is 3.84. The normalized spacial score (nSPS) is 16.2. The zero-order chi connectivity index (χ0) is 20.2. The van der Waals surface area contributed by atoms with Crippen LogP contribution in [0.1, 0.15) is 30.1 Å². The van der Waals surface area contributed by atoms with Crippen molar-refractivity contribution in [3.63, 3.8) is 0 Å². The molecule has 0 N–H and O–H groups in total. The Morgan fingerprint density at radius 3 is 2.69 bits per heavy atom. The summed E-state index contributed by atoms with van der Waals surface area (Å²) in [5.74, 6) is 2.21. The summed E-state index contributed by atoms with van der Waals surface area (Å²) in [7, 11) is 1.66. The van der Waals surface area contributed by atoms with E-state index < -0.39 is 0 Å². The molecule has 1 fully saturated rings. The van der Waals surface area contributed by atoms with E-state index in [4.69, 9.17) is 9.15 Å². The summed E-state index contributed by atoms with van der Waals surface area (Å²) in [6.45, 7) is 1.51. The van der Waals surface area contributed by atoms with Crippen LogP contribution in [0.3, 0.4) is 0 Å².